The Balaban J connectivity index is 2.52. The fraction of sp³-hybridized carbons (Fsp3) is 0.583. The molecule has 0 unspecified atom stereocenters. The molecule has 0 saturated heterocycles. The second-order valence-electron chi connectivity index (χ2n) is 5.19. The number of fused-ring (bicyclic) bond motifs is 2. The maximum absolute atomic E-state index is 11.2. The third kappa shape index (κ3) is 1.21. The summed E-state index contributed by atoms with van der Waals surface area (Å²) in [6.07, 6.45) is 2.98. The molecule has 0 aromatic carbocycles. The number of hydrogen-bond acceptors (Lipinski definition) is 1. The Morgan fingerprint density at radius 2 is 1.79 bits per heavy atom. The van der Waals surface area contributed by atoms with Crippen molar-refractivity contribution in [2.75, 3.05) is 0 Å². The van der Waals surface area contributed by atoms with Crippen LogP contribution in [0.3, 0.4) is 0 Å². The predicted octanol–water partition coefficient (Wildman–Crippen LogP) is 2.91. The maximum atomic E-state index is 11.2. The highest BCUT2D eigenvalue weighted by Crippen LogP contribution is 2.50. The minimum absolute atomic E-state index is 0.0226. The summed E-state index contributed by atoms with van der Waals surface area (Å²) in [7, 11) is 0. The monoisotopic (exact) mass is 192 g/mol. The molecule has 2 nitrogen and oxygen atoms in total. The Morgan fingerprint density at radius 3 is 2.21 bits per heavy atom. The number of carbonyl (C=O) groups is 1. The van der Waals surface area contributed by atoms with Gasteiger partial charge >= 0.3 is 5.97 Å². The van der Waals surface area contributed by atoms with Crippen molar-refractivity contribution in [3.63, 3.8) is 0 Å². The Labute approximate surface area is 84.3 Å². The molecule has 1 fully saturated rings. The lowest BCUT2D eigenvalue weighted by atomic mass is 9.79. The van der Waals surface area contributed by atoms with Crippen LogP contribution >= 0.6 is 0 Å². The summed E-state index contributed by atoms with van der Waals surface area (Å²) in [6.45, 7) is 6.29. The van der Waals surface area contributed by atoms with Gasteiger partial charge in [-0.2, -0.15) is 0 Å². The van der Waals surface area contributed by atoms with Crippen molar-refractivity contribution in [3.8, 4) is 0 Å². The largest absolute Gasteiger partial charge is 0.478 e. The third-order valence-corrected chi connectivity index (χ3v) is 3.08. The van der Waals surface area contributed by atoms with Crippen molar-refractivity contribution in [2.24, 2.45) is 5.41 Å². The second kappa shape index (κ2) is 2.72. The average Bonchev–Trinajstić information content (AvgIpc) is 2.58. The molecule has 2 bridgehead atoms. The van der Waals surface area contributed by atoms with Gasteiger partial charge in [0.2, 0.25) is 0 Å². The Bertz CT molecular complexity index is 364. The molecule has 14 heavy (non-hydrogen) atoms. The lowest BCUT2D eigenvalue weighted by Gasteiger charge is -2.25. The van der Waals surface area contributed by atoms with Crippen LogP contribution in [-0.2, 0) is 4.79 Å². The minimum atomic E-state index is -0.736. The van der Waals surface area contributed by atoms with Gasteiger partial charge in [-0.25, -0.2) is 4.79 Å². The van der Waals surface area contributed by atoms with Gasteiger partial charge in [0.25, 0.3) is 0 Å². The minimum Gasteiger partial charge on any atom is -0.478 e. The van der Waals surface area contributed by atoms with E-state index in [9.17, 15) is 9.90 Å². The molecule has 0 aromatic heterocycles. The fourth-order valence-corrected chi connectivity index (χ4v) is 2.68. The summed E-state index contributed by atoms with van der Waals surface area (Å²) in [6, 6.07) is 0. The van der Waals surface area contributed by atoms with E-state index in [0.717, 1.165) is 30.4 Å². The summed E-state index contributed by atoms with van der Waals surface area (Å²) in [5, 5.41) is 9.18. The normalized spacial score (nSPS) is 21.1. The third-order valence-electron chi connectivity index (χ3n) is 3.08. The molecule has 0 heterocycles. The Hall–Kier alpha value is -1.05. The number of rotatable bonds is 1. The SMILES string of the molecule is CC(C)(C)C1=C2CCC(=C1C(=O)O)C2. The molecule has 0 atom stereocenters. The summed E-state index contributed by atoms with van der Waals surface area (Å²) in [5.74, 6) is -0.736. The molecule has 0 spiro atoms. The first-order chi connectivity index (χ1) is 6.41. The van der Waals surface area contributed by atoms with E-state index in [2.05, 4.69) is 20.8 Å². The summed E-state index contributed by atoms with van der Waals surface area (Å²) < 4.78 is 0. The van der Waals surface area contributed by atoms with Gasteiger partial charge in [-0.05, 0) is 30.3 Å². The van der Waals surface area contributed by atoms with E-state index in [0.29, 0.717) is 5.57 Å². The number of allylic oxidation sites excluding steroid dienone is 2. The molecular formula is C12H16O2. The van der Waals surface area contributed by atoms with Crippen LogP contribution in [0.4, 0.5) is 0 Å². The van der Waals surface area contributed by atoms with E-state index in [4.69, 9.17) is 0 Å². The molecule has 0 aromatic rings. The number of aliphatic carboxylic acids is 1. The number of hydrogen-bond donors (Lipinski definition) is 1. The first-order valence-corrected chi connectivity index (χ1v) is 5.09. The van der Waals surface area contributed by atoms with E-state index in [1.807, 2.05) is 0 Å². The van der Waals surface area contributed by atoms with Gasteiger partial charge in [0.15, 0.2) is 0 Å². The van der Waals surface area contributed by atoms with Crippen LogP contribution < -0.4 is 0 Å². The average molecular weight is 192 g/mol. The predicted molar refractivity (Wildman–Crippen MR) is 55.0 cm³/mol. The van der Waals surface area contributed by atoms with Crippen molar-refractivity contribution >= 4 is 5.97 Å². The highest BCUT2D eigenvalue weighted by atomic mass is 16.4. The molecule has 1 saturated carbocycles. The van der Waals surface area contributed by atoms with E-state index in [1.165, 1.54) is 5.57 Å². The van der Waals surface area contributed by atoms with Crippen molar-refractivity contribution in [2.45, 2.75) is 40.0 Å². The van der Waals surface area contributed by atoms with Crippen LogP contribution in [-0.4, -0.2) is 11.1 Å². The van der Waals surface area contributed by atoms with E-state index >= 15 is 0 Å². The molecule has 2 aliphatic carbocycles. The van der Waals surface area contributed by atoms with Crippen LogP contribution in [0.25, 0.3) is 0 Å². The van der Waals surface area contributed by atoms with Gasteiger partial charge < -0.3 is 5.11 Å². The van der Waals surface area contributed by atoms with Crippen LogP contribution in [0.15, 0.2) is 22.3 Å². The molecule has 0 radical (unpaired) electrons. The zero-order chi connectivity index (χ0) is 10.5. The lowest BCUT2D eigenvalue weighted by molar-refractivity contribution is -0.132. The smallest absolute Gasteiger partial charge is 0.335 e. The zero-order valence-corrected chi connectivity index (χ0v) is 8.98. The van der Waals surface area contributed by atoms with E-state index < -0.39 is 5.97 Å². The summed E-state index contributed by atoms with van der Waals surface area (Å²) in [5.41, 5.74) is 4.22. The van der Waals surface area contributed by atoms with Gasteiger partial charge in [0.1, 0.15) is 0 Å². The molecule has 2 heteroatoms. The Kier molecular flexibility index (Phi) is 1.85. The summed E-state index contributed by atoms with van der Waals surface area (Å²) >= 11 is 0. The molecule has 76 valence electrons. The van der Waals surface area contributed by atoms with Gasteiger partial charge in [-0.15, -0.1) is 0 Å². The molecule has 0 amide bonds. The first-order valence-electron chi connectivity index (χ1n) is 5.09. The molecule has 2 aliphatic rings. The maximum Gasteiger partial charge on any atom is 0.335 e. The van der Waals surface area contributed by atoms with Gasteiger partial charge in [-0.1, -0.05) is 31.9 Å². The lowest BCUT2D eigenvalue weighted by Crippen LogP contribution is -2.18. The number of carboxylic acid groups (broad SMARTS) is 1. The quantitative estimate of drug-likeness (QED) is 0.693. The van der Waals surface area contributed by atoms with Gasteiger partial charge in [0, 0.05) is 0 Å². The van der Waals surface area contributed by atoms with Gasteiger partial charge in [-0.3, -0.25) is 0 Å². The van der Waals surface area contributed by atoms with Crippen LogP contribution in [0, 0.1) is 5.41 Å². The Morgan fingerprint density at radius 1 is 1.21 bits per heavy atom. The van der Waals surface area contributed by atoms with Crippen LogP contribution in [0.2, 0.25) is 0 Å². The van der Waals surface area contributed by atoms with Crippen LogP contribution in [0.1, 0.15) is 40.0 Å². The van der Waals surface area contributed by atoms with E-state index in [-0.39, 0.29) is 5.41 Å². The summed E-state index contributed by atoms with van der Waals surface area (Å²) in [4.78, 5) is 11.2. The topological polar surface area (TPSA) is 37.3 Å². The standard InChI is InChI=1S/C12H16O2/c1-12(2,3)10-8-5-4-7(6-8)9(10)11(13)14/h4-6H2,1-3H3,(H,13,14). The van der Waals surface area contributed by atoms with Gasteiger partial charge in [0.05, 0.1) is 5.57 Å². The van der Waals surface area contributed by atoms with E-state index in [1.54, 1.807) is 0 Å². The van der Waals surface area contributed by atoms with Crippen molar-refractivity contribution < 1.29 is 9.90 Å². The number of carboxylic acids is 1. The highest BCUT2D eigenvalue weighted by Gasteiger charge is 2.38. The van der Waals surface area contributed by atoms with Crippen molar-refractivity contribution in [1.29, 1.82) is 0 Å². The first kappa shape index (κ1) is 9.50. The molecular weight excluding hydrogens is 176 g/mol. The highest BCUT2D eigenvalue weighted by molar-refractivity contribution is 5.95. The fourth-order valence-electron chi connectivity index (χ4n) is 2.68. The van der Waals surface area contributed by atoms with Crippen molar-refractivity contribution in [1.82, 2.24) is 0 Å². The molecule has 2 rings (SSSR count). The van der Waals surface area contributed by atoms with Crippen molar-refractivity contribution in [3.05, 3.63) is 22.3 Å². The molecule has 0 aliphatic heterocycles. The second-order valence-corrected chi connectivity index (χ2v) is 5.19. The zero-order valence-electron chi connectivity index (χ0n) is 8.98. The van der Waals surface area contributed by atoms with Crippen LogP contribution in [0.5, 0.6) is 0 Å². The molecule has 1 N–H and O–H groups in total.